The molecule has 2 atom stereocenters. The summed E-state index contributed by atoms with van der Waals surface area (Å²) in [5.74, 6) is -1.27. The molecule has 2 unspecified atom stereocenters. The van der Waals surface area contributed by atoms with Crippen LogP contribution in [0.2, 0.25) is 0 Å². The number of aliphatic carboxylic acids is 1. The Morgan fingerprint density at radius 2 is 1.02 bits per heavy atom. The van der Waals surface area contributed by atoms with Gasteiger partial charge in [0.15, 0.2) is 0 Å². The smallest absolute Gasteiger partial charge is 0.326 e. The zero-order chi connectivity index (χ0) is 39.6. The lowest BCUT2D eigenvalue weighted by Gasteiger charge is -2.15. The Kier molecular flexibility index (Phi) is 39.9. The molecule has 0 bridgehead atoms. The Morgan fingerprint density at radius 1 is 0.556 bits per heavy atom. The van der Waals surface area contributed by atoms with Crippen LogP contribution in [-0.2, 0) is 19.1 Å². The first kappa shape index (κ1) is 51.6. The largest absolute Gasteiger partial charge is 0.480 e. The van der Waals surface area contributed by atoms with Crippen LogP contribution in [0.1, 0.15) is 226 Å². The summed E-state index contributed by atoms with van der Waals surface area (Å²) in [6.45, 7) is 4.91. The van der Waals surface area contributed by atoms with Crippen LogP contribution in [0, 0.1) is 0 Å². The SMILES string of the molecule is CCCCC/C=C\C/C=C\CCCCCCCCCCCC(=O)OC(/C=C\CCCCCCCC)CCCCCCCCC(=O)NC(CCCN)C(=O)O. The summed E-state index contributed by atoms with van der Waals surface area (Å²) in [5.41, 5.74) is 5.48. The van der Waals surface area contributed by atoms with Crippen molar-refractivity contribution in [3.8, 4) is 0 Å². The lowest BCUT2D eigenvalue weighted by molar-refractivity contribution is -0.147. The standard InChI is InChI=1S/C47H86N2O5/c1-3-5-7-9-11-13-14-15-16-17-18-19-20-21-22-23-25-31-35-41-46(51)54-43(37-32-28-24-12-10-8-6-4-2)38-33-29-26-27-30-34-40-45(50)49-44(47(52)53)39-36-42-48/h11,13,15-16,32,37,43-44H,3-10,12,14,17-31,33-36,38-42,48H2,1-2H3,(H,49,50)(H,52,53)/b13-11-,16-15-,37-32-. The van der Waals surface area contributed by atoms with Gasteiger partial charge in [0.25, 0.3) is 0 Å². The average molecular weight is 759 g/mol. The van der Waals surface area contributed by atoms with E-state index in [1.54, 1.807) is 0 Å². The van der Waals surface area contributed by atoms with Gasteiger partial charge in [0, 0.05) is 12.8 Å². The third-order valence-corrected chi connectivity index (χ3v) is 10.2. The number of esters is 1. The van der Waals surface area contributed by atoms with Crippen molar-refractivity contribution in [3.63, 3.8) is 0 Å². The number of amides is 1. The van der Waals surface area contributed by atoms with Crippen LogP contribution >= 0.6 is 0 Å². The molecule has 0 radical (unpaired) electrons. The maximum absolute atomic E-state index is 12.8. The summed E-state index contributed by atoms with van der Waals surface area (Å²) in [7, 11) is 0. The van der Waals surface area contributed by atoms with Gasteiger partial charge in [-0.1, -0.05) is 160 Å². The van der Waals surface area contributed by atoms with Gasteiger partial charge < -0.3 is 20.9 Å². The van der Waals surface area contributed by atoms with Crippen molar-refractivity contribution in [2.75, 3.05) is 6.54 Å². The molecular weight excluding hydrogens is 673 g/mol. The average Bonchev–Trinajstić information content (AvgIpc) is 3.16. The Bertz CT molecular complexity index is 946. The number of allylic oxidation sites excluding steroid dienone is 5. The van der Waals surface area contributed by atoms with Gasteiger partial charge in [0.05, 0.1) is 0 Å². The van der Waals surface area contributed by atoms with Crippen LogP contribution in [0.5, 0.6) is 0 Å². The quantitative estimate of drug-likeness (QED) is 0.0324. The third kappa shape index (κ3) is 37.9. The fourth-order valence-electron chi connectivity index (χ4n) is 6.68. The molecule has 0 saturated carbocycles. The highest BCUT2D eigenvalue weighted by Gasteiger charge is 2.18. The predicted molar refractivity (Wildman–Crippen MR) is 230 cm³/mol. The maximum Gasteiger partial charge on any atom is 0.326 e. The molecule has 54 heavy (non-hydrogen) atoms. The molecule has 0 aromatic rings. The first-order valence-corrected chi connectivity index (χ1v) is 22.8. The van der Waals surface area contributed by atoms with E-state index in [2.05, 4.69) is 55.6 Å². The predicted octanol–water partition coefficient (Wildman–Crippen LogP) is 13.0. The van der Waals surface area contributed by atoms with Gasteiger partial charge >= 0.3 is 11.9 Å². The summed E-state index contributed by atoms with van der Waals surface area (Å²) in [4.78, 5) is 36.3. The summed E-state index contributed by atoms with van der Waals surface area (Å²) >= 11 is 0. The summed E-state index contributed by atoms with van der Waals surface area (Å²) in [6.07, 6.45) is 49.3. The van der Waals surface area contributed by atoms with Crippen LogP contribution in [0.25, 0.3) is 0 Å². The zero-order valence-corrected chi connectivity index (χ0v) is 35.3. The number of rotatable bonds is 41. The highest BCUT2D eigenvalue weighted by Crippen LogP contribution is 2.16. The summed E-state index contributed by atoms with van der Waals surface area (Å²) in [5, 5.41) is 11.9. The molecule has 0 heterocycles. The molecule has 7 heteroatoms. The van der Waals surface area contributed by atoms with Gasteiger partial charge in [-0.15, -0.1) is 0 Å². The Morgan fingerprint density at radius 3 is 1.57 bits per heavy atom. The van der Waals surface area contributed by atoms with E-state index in [1.807, 2.05) is 0 Å². The highest BCUT2D eigenvalue weighted by molar-refractivity contribution is 5.83. The van der Waals surface area contributed by atoms with Crippen molar-refractivity contribution >= 4 is 17.8 Å². The van der Waals surface area contributed by atoms with Crippen molar-refractivity contribution in [1.29, 1.82) is 0 Å². The van der Waals surface area contributed by atoms with Crippen molar-refractivity contribution < 1.29 is 24.2 Å². The number of carbonyl (C=O) groups excluding carboxylic acids is 2. The molecule has 1 amide bonds. The van der Waals surface area contributed by atoms with Crippen LogP contribution in [0.15, 0.2) is 36.5 Å². The number of ether oxygens (including phenoxy) is 1. The van der Waals surface area contributed by atoms with Gasteiger partial charge in [0.1, 0.15) is 12.1 Å². The van der Waals surface area contributed by atoms with E-state index in [0.717, 1.165) is 70.6 Å². The summed E-state index contributed by atoms with van der Waals surface area (Å²) in [6, 6.07) is -0.853. The third-order valence-electron chi connectivity index (χ3n) is 10.2. The van der Waals surface area contributed by atoms with Crippen molar-refractivity contribution in [2.24, 2.45) is 5.73 Å². The van der Waals surface area contributed by atoms with Crippen molar-refractivity contribution in [2.45, 2.75) is 238 Å². The molecule has 0 aliphatic heterocycles. The summed E-state index contributed by atoms with van der Waals surface area (Å²) < 4.78 is 5.96. The molecule has 0 aromatic carbocycles. The molecule has 0 aromatic heterocycles. The van der Waals surface area contributed by atoms with E-state index in [4.69, 9.17) is 10.5 Å². The van der Waals surface area contributed by atoms with Crippen LogP contribution in [-0.4, -0.2) is 41.6 Å². The molecule has 0 spiro atoms. The topological polar surface area (TPSA) is 119 Å². The molecule has 0 fully saturated rings. The minimum Gasteiger partial charge on any atom is -0.480 e. The fraction of sp³-hybridized carbons (Fsp3) is 0.809. The molecule has 0 aliphatic rings. The number of nitrogens with one attached hydrogen (secondary N) is 1. The number of carboxylic acid groups (broad SMARTS) is 1. The zero-order valence-electron chi connectivity index (χ0n) is 35.3. The van der Waals surface area contributed by atoms with Crippen LogP contribution in [0.3, 0.4) is 0 Å². The Hall–Kier alpha value is -2.41. The number of carbonyl (C=O) groups is 3. The van der Waals surface area contributed by atoms with E-state index in [1.165, 1.54) is 116 Å². The second kappa shape index (κ2) is 41.7. The van der Waals surface area contributed by atoms with E-state index < -0.39 is 12.0 Å². The number of carboxylic acids is 1. The Labute approximate surface area is 333 Å². The van der Waals surface area contributed by atoms with Crippen molar-refractivity contribution in [1.82, 2.24) is 5.32 Å². The van der Waals surface area contributed by atoms with Crippen LogP contribution in [0.4, 0.5) is 0 Å². The lowest BCUT2D eigenvalue weighted by atomic mass is 10.0. The molecule has 0 aliphatic carbocycles. The van der Waals surface area contributed by atoms with Gasteiger partial charge in [0.2, 0.25) is 5.91 Å². The van der Waals surface area contributed by atoms with Gasteiger partial charge in [-0.2, -0.15) is 0 Å². The first-order valence-electron chi connectivity index (χ1n) is 22.8. The van der Waals surface area contributed by atoms with Gasteiger partial charge in [-0.05, 0) is 96.1 Å². The maximum atomic E-state index is 12.8. The Balaban J connectivity index is 4.18. The molecular formula is C47H86N2O5. The molecule has 7 nitrogen and oxygen atoms in total. The second-order valence-electron chi connectivity index (χ2n) is 15.5. The number of hydrogen-bond donors (Lipinski definition) is 3. The second-order valence-corrected chi connectivity index (χ2v) is 15.5. The van der Waals surface area contributed by atoms with Gasteiger partial charge in [-0.25, -0.2) is 4.79 Å². The van der Waals surface area contributed by atoms with E-state index in [-0.39, 0.29) is 18.0 Å². The molecule has 0 saturated heterocycles. The first-order chi connectivity index (χ1) is 26.4. The van der Waals surface area contributed by atoms with Crippen LogP contribution < -0.4 is 11.1 Å². The molecule has 314 valence electrons. The minimum absolute atomic E-state index is 0.0623. The number of nitrogens with two attached hydrogens (primary N) is 1. The normalized spacial score (nSPS) is 12.9. The van der Waals surface area contributed by atoms with E-state index in [0.29, 0.717) is 32.2 Å². The highest BCUT2D eigenvalue weighted by atomic mass is 16.5. The molecule has 0 rings (SSSR count). The number of unbranched alkanes of at least 4 members (excludes halogenated alkanes) is 23. The lowest BCUT2D eigenvalue weighted by Crippen LogP contribution is -2.40. The van der Waals surface area contributed by atoms with Crippen molar-refractivity contribution in [3.05, 3.63) is 36.5 Å². The fourth-order valence-corrected chi connectivity index (χ4v) is 6.68. The van der Waals surface area contributed by atoms with E-state index >= 15 is 0 Å². The monoisotopic (exact) mass is 759 g/mol. The molecule has 4 N–H and O–H groups in total. The van der Waals surface area contributed by atoms with Gasteiger partial charge in [-0.3, -0.25) is 9.59 Å². The number of hydrogen-bond acceptors (Lipinski definition) is 5. The minimum atomic E-state index is -1.00. The van der Waals surface area contributed by atoms with E-state index in [9.17, 15) is 19.5 Å².